The van der Waals surface area contributed by atoms with Gasteiger partial charge in [-0.1, -0.05) is 36.2 Å². The SMILES string of the molecule is CC[C@H](NS(=O)(=O)c1cccc(Cl)c1Cl)C(=O)O. The zero-order valence-corrected chi connectivity index (χ0v) is 11.7. The number of carbonyl (C=O) groups is 1. The second kappa shape index (κ2) is 5.88. The minimum atomic E-state index is -4.02. The van der Waals surface area contributed by atoms with Gasteiger partial charge >= 0.3 is 5.97 Å². The van der Waals surface area contributed by atoms with Crippen molar-refractivity contribution in [3.8, 4) is 0 Å². The number of benzene rings is 1. The fraction of sp³-hybridized carbons (Fsp3) is 0.300. The van der Waals surface area contributed by atoms with E-state index in [-0.39, 0.29) is 21.4 Å². The molecule has 2 N–H and O–H groups in total. The van der Waals surface area contributed by atoms with E-state index in [1.165, 1.54) is 18.2 Å². The molecule has 8 heteroatoms. The van der Waals surface area contributed by atoms with Gasteiger partial charge < -0.3 is 5.11 Å². The van der Waals surface area contributed by atoms with E-state index in [2.05, 4.69) is 4.72 Å². The summed E-state index contributed by atoms with van der Waals surface area (Å²) in [6, 6.07) is 2.91. The fourth-order valence-corrected chi connectivity index (χ4v) is 3.28. The minimum absolute atomic E-state index is 0.0860. The number of hydrogen-bond donors (Lipinski definition) is 2. The maximum absolute atomic E-state index is 12.0. The molecule has 100 valence electrons. The first-order valence-corrected chi connectivity index (χ1v) is 7.22. The van der Waals surface area contributed by atoms with Gasteiger partial charge in [-0.2, -0.15) is 4.72 Å². The van der Waals surface area contributed by atoms with Crippen molar-refractivity contribution in [2.24, 2.45) is 0 Å². The normalized spacial score (nSPS) is 13.3. The molecule has 0 fully saturated rings. The van der Waals surface area contributed by atoms with Gasteiger partial charge in [0.05, 0.1) is 10.0 Å². The average Bonchev–Trinajstić information content (AvgIpc) is 2.29. The van der Waals surface area contributed by atoms with Gasteiger partial charge in [-0.05, 0) is 18.6 Å². The molecule has 0 bridgehead atoms. The Morgan fingerprint density at radius 3 is 2.56 bits per heavy atom. The van der Waals surface area contributed by atoms with E-state index in [9.17, 15) is 13.2 Å². The number of nitrogens with one attached hydrogen (secondary N) is 1. The van der Waals surface area contributed by atoms with Gasteiger partial charge in [0.25, 0.3) is 0 Å². The Bertz CT molecular complexity index is 559. The van der Waals surface area contributed by atoms with E-state index in [1.807, 2.05) is 0 Å². The Morgan fingerprint density at radius 2 is 2.06 bits per heavy atom. The van der Waals surface area contributed by atoms with Crippen LogP contribution in [0.1, 0.15) is 13.3 Å². The molecule has 1 rings (SSSR count). The Balaban J connectivity index is 3.14. The zero-order valence-electron chi connectivity index (χ0n) is 9.35. The number of aliphatic carboxylic acids is 1. The van der Waals surface area contributed by atoms with Crippen LogP contribution in [-0.4, -0.2) is 25.5 Å². The van der Waals surface area contributed by atoms with Crippen molar-refractivity contribution in [2.75, 3.05) is 0 Å². The Kier molecular flexibility index (Phi) is 4.98. The molecule has 0 amide bonds. The predicted octanol–water partition coefficient (Wildman–Crippen LogP) is 2.13. The highest BCUT2D eigenvalue weighted by Gasteiger charge is 2.26. The molecule has 0 spiro atoms. The molecule has 0 aliphatic heterocycles. The van der Waals surface area contributed by atoms with Crippen LogP contribution in [0.5, 0.6) is 0 Å². The number of carboxylic acids is 1. The second-order valence-corrected chi connectivity index (χ2v) is 5.94. The van der Waals surface area contributed by atoms with Crippen molar-refractivity contribution in [2.45, 2.75) is 24.3 Å². The van der Waals surface area contributed by atoms with Crippen LogP contribution in [0.15, 0.2) is 23.1 Å². The van der Waals surface area contributed by atoms with Crippen LogP contribution < -0.4 is 4.72 Å². The van der Waals surface area contributed by atoms with Crippen LogP contribution in [0.4, 0.5) is 0 Å². The van der Waals surface area contributed by atoms with Crippen molar-refractivity contribution in [3.63, 3.8) is 0 Å². The first-order valence-electron chi connectivity index (χ1n) is 4.98. The molecule has 5 nitrogen and oxygen atoms in total. The predicted molar refractivity (Wildman–Crippen MR) is 68.5 cm³/mol. The third kappa shape index (κ3) is 3.35. The first kappa shape index (κ1) is 15.2. The molecule has 0 heterocycles. The highest BCUT2D eigenvalue weighted by molar-refractivity contribution is 7.89. The summed E-state index contributed by atoms with van der Waals surface area (Å²) in [6.07, 6.45) is 0.118. The van der Waals surface area contributed by atoms with Crippen molar-refractivity contribution in [1.82, 2.24) is 4.72 Å². The molecule has 0 saturated heterocycles. The van der Waals surface area contributed by atoms with Gasteiger partial charge in [0.1, 0.15) is 10.9 Å². The Labute approximate surface area is 115 Å². The van der Waals surface area contributed by atoms with E-state index in [0.717, 1.165) is 0 Å². The lowest BCUT2D eigenvalue weighted by Crippen LogP contribution is -2.40. The lowest BCUT2D eigenvalue weighted by Gasteiger charge is -2.13. The van der Waals surface area contributed by atoms with E-state index in [1.54, 1.807) is 6.92 Å². The van der Waals surface area contributed by atoms with Crippen LogP contribution in [0.2, 0.25) is 10.0 Å². The molecule has 1 atom stereocenters. The molecule has 0 unspecified atom stereocenters. The van der Waals surface area contributed by atoms with E-state index in [4.69, 9.17) is 28.3 Å². The molecule has 1 aromatic rings. The van der Waals surface area contributed by atoms with Crippen molar-refractivity contribution in [3.05, 3.63) is 28.2 Å². The lowest BCUT2D eigenvalue weighted by molar-refractivity contribution is -0.139. The monoisotopic (exact) mass is 311 g/mol. The molecule has 0 saturated carbocycles. The summed E-state index contributed by atoms with van der Waals surface area (Å²) in [5.74, 6) is -1.25. The van der Waals surface area contributed by atoms with Gasteiger partial charge in [0.2, 0.25) is 10.0 Å². The number of halogens is 2. The average molecular weight is 312 g/mol. The molecule has 18 heavy (non-hydrogen) atoms. The Hall–Kier alpha value is -0.820. The Morgan fingerprint density at radius 1 is 1.44 bits per heavy atom. The van der Waals surface area contributed by atoms with Crippen molar-refractivity contribution >= 4 is 39.2 Å². The third-order valence-corrected chi connectivity index (χ3v) is 4.65. The topological polar surface area (TPSA) is 83.5 Å². The first-order chi connectivity index (χ1) is 8.29. The van der Waals surface area contributed by atoms with Gasteiger partial charge in [0, 0.05) is 0 Å². The number of carboxylic acid groups (broad SMARTS) is 1. The summed E-state index contributed by atoms with van der Waals surface area (Å²) < 4.78 is 26.0. The lowest BCUT2D eigenvalue weighted by atomic mass is 10.2. The maximum Gasteiger partial charge on any atom is 0.321 e. The summed E-state index contributed by atoms with van der Waals surface area (Å²) in [4.78, 5) is 10.6. The van der Waals surface area contributed by atoms with Gasteiger partial charge in [-0.3, -0.25) is 4.79 Å². The van der Waals surface area contributed by atoms with Gasteiger partial charge in [0.15, 0.2) is 0 Å². The largest absolute Gasteiger partial charge is 0.480 e. The second-order valence-electron chi connectivity index (χ2n) is 3.47. The smallest absolute Gasteiger partial charge is 0.321 e. The summed E-state index contributed by atoms with van der Waals surface area (Å²) in [6.45, 7) is 1.56. The zero-order chi connectivity index (χ0) is 13.9. The molecular weight excluding hydrogens is 301 g/mol. The molecule has 0 aromatic heterocycles. The molecule has 0 radical (unpaired) electrons. The highest BCUT2D eigenvalue weighted by atomic mass is 35.5. The highest BCUT2D eigenvalue weighted by Crippen LogP contribution is 2.28. The molecule has 1 aromatic carbocycles. The van der Waals surface area contributed by atoms with Gasteiger partial charge in [-0.15, -0.1) is 0 Å². The summed E-state index contributed by atoms with van der Waals surface area (Å²) >= 11 is 11.5. The van der Waals surface area contributed by atoms with Gasteiger partial charge in [-0.25, -0.2) is 8.42 Å². The number of hydrogen-bond acceptors (Lipinski definition) is 3. The molecular formula is C10H11Cl2NO4S. The molecule has 0 aliphatic carbocycles. The van der Waals surface area contributed by atoms with Crippen LogP contribution in [0.25, 0.3) is 0 Å². The number of rotatable bonds is 5. The summed E-state index contributed by atoms with van der Waals surface area (Å²) in [7, 11) is -4.02. The van der Waals surface area contributed by atoms with Crippen LogP contribution in [0, 0.1) is 0 Å². The fourth-order valence-electron chi connectivity index (χ4n) is 1.25. The van der Waals surface area contributed by atoms with Crippen LogP contribution in [-0.2, 0) is 14.8 Å². The molecule has 0 aliphatic rings. The van der Waals surface area contributed by atoms with Crippen molar-refractivity contribution < 1.29 is 18.3 Å². The maximum atomic E-state index is 12.0. The van der Waals surface area contributed by atoms with Crippen LogP contribution >= 0.6 is 23.2 Å². The third-order valence-electron chi connectivity index (χ3n) is 2.21. The summed E-state index contributed by atoms with van der Waals surface area (Å²) in [5, 5.41) is 8.77. The van der Waals surface area contributed by atoms with E-state index < -0.39 is 22.0 Å². The number of sulfonamides is 1. The van der Waals surface area contributed by atoms with Crippen molar-refractivity contribution in [1.29, 1.82) is 0 Å². The van der Waals surface area contributed by atoms with E-state index >= 15 is 0 Å². The quantitative estimate of drug-likeness (QED) is 0.872. The van der Waals surface area contributed by atoms with Crippen LogP contribution in [0.3, 0.4) is 0 Å². The standard InChI is InChI=1S/C10H11Cl2NO4S/c1-2-7(10(14)15)13-18(16,17)8-5-3-4-6(11)9(8)12/h3-5,7,13H,2H2,1H3,(H,14,15)/t7-/m0/s1. The van der Waals surface area contributed by atoms with E-state index in [0.29, 0.717) is 0 Å². The summed E-state index contributed by atoms with van der Waals surface area (Å²) in [5.41, 5.74) is 0. The minimum Gasteiger partial charge on any atom is -0.480 e.